The van der Waals surface area contributed by atoms with Gasteiger partial charge < -0.3 is 24.6 Å². The first kappa shape index (κ1) is 20.3. The average molecular weight is 373 g/mol. The Hall–Kier alpha value is -3.06. The Morgan fingerprint density at radius 3 is 2.48 bits per heavy atom. The number of carbonyl (C=O) groups is 2. The van der Waals surface area contributed by atoms with Crippen LogP contribution in [0.4, 0.5) is 0 Å². The molecule has 0 saturated heterocycles. The smallest absolute Gasteiger partial charge is 0.305 e. The van der Waals surface area contributed by atoms with E-state index >= 15 is 0 Å². The zero-order valence-electron chi connectivity index (χ0n) is 15.5. The van der Waals surface area contributed by atoms with E-state index in [1.807, 2.05) is 6.07 Å². The van der Waals surface area contributed by atoms with Gasteiger partial charge in [0.2, 0.25) is 0 Å². The minimum atomic E-state index is -1.04. The van der Waals surface area contributed by atoms with Gasteiger partial charge in [-0.1, -0.05) is 12.1 Å². The van der Waals surface area contributed by atoms with Gasteiger partial charge in [0, 0.05) is 24.3 Å². The first-order valence-corrected chi connectivity index (χ1v) is 8.31. The maximum Gasteiger partial charge on any atom is 0.305 e. The van der Waals surface area contributed by atoms with Crippen molar-refractivity contribution in [3.8, 4) is 11.5 Å². The van der Waals surface area contributed by atoms with Crippen LogP contribution in [0.1, 0.15) is 33.9 Å². The SMILES string of the molecule is COCc1cccc(C(=O)NC(CC(=O)O)c2ccc(OC)cc2OC)c1. The van der Waals surface area contributed by atoms with Gasteiger partial charge in [0.25, 0.3) is 5.91 Å². The highest BCUT2D eigenvalue weighted by molar-refractivity contribution is 5.95. The number of amides is 1. The Labute approximate surface area is 157 Å². The molecule has 0 heterocycles. The average Bonchev–Trinajstić information content (AvgIpc) is 2.67. The number of ether oxygens (including phenoxy) is 3. The molecule has 0 saturated carbocycles. The lowest BCUT2D eigenvalue weighted by molar-refractivity contribution is -0.137. The number of carboxylic acids is 1. The van der Waals surface area contributed by atoms with Gasteiger partial charge in [-0.25, -0.2) is 0 Å². The van der Waals surface area contributed by atoms with E-state index in [0.29, 0.717) is 29.2 Å². The molecule has 1 unspecified atom stereocenters. The predicted octanol–water partition coefficient (Wildman–Crippen LogP) is 2.80. The summed E-state index contributed by atoms with van der Waals surface area (Å²) in [6, 6.07) is 11.2. The number of benzene rings is 2. The van der Waals surface area contributed by atoms with Gasteiger partial charge in [-0.05, 0) is 29.8 Å². The summed E-state index contributed by atoms with van der Waals surface area (Å²) in [7, 11) is 4.58. The second kappa shape index (κ2) is 9.59. The molecule has 0 fully saturated rings. The lowest BCUT2D eigenvalue weighted by Crippen LogP contribution is -2.30. The van der Waals surface area contributed by atoms with Gasteiger partial charge in [0.15, 0.2) is 0 Å². The highest BCUT2D eigenvalue weighted by Crippen LogP contribution is 2.31. The van der Waals surface area contributed by atoms with Crippen LogP contribution >= 0.6 is 0 Å². The van der Waals surface area contributed by atoms with Crippen molar-refractivity contribution in [2.75, 3.05) is 21.3 Å². The van der Waals surface area contributed by atoms with Crippen LogP contribution in [0.3, 0.4) is 0 Å². The molecule has 1 atom stereocenters. The van der Waals surface area contributed by atoms with Gasteiger partial charge in [-0.2, -0.15) is 0 Å². The van der Waals surface area contributed by atoms with Crippen LogP contribution in [0.2, 0.25) is 0 Å². The van der Waals surface area contributed by atoms with Gasteiger partial charge in [-0.15, -0.1) is 0 Å². The number of aliphatic carboxylic acids is 1. The van der Waals surface area contributed by atoms with Gasteiger partial charge in [-0.3, -0.25) is 9.59 Å². The number of rotatable bonds is 9. The fraction of sp³-hybridized carbons (Fsp3) is 0.300. The second-order valence-electron chi connectivity index (χ2n) is 5.87. The van der Waals surface area contributed by atoms with Crippen molar-refractivity contribution in [1.29, 1.82) is 0 Å². The van der Waals surface area contributed by atoms with E-state index in [2.05, 4.69) is 5.32 Å². The topological polar surface area (TPSA) is 94.1 Å². The third-order valence-corrected chi connectivity index (χ3v) is 4.00. The van der Waals surface area contributed by atoms with Crippen LogP contribution in [0, 0.1) is 0 Å². The Bertz CT molecular complexity index is 805. The van der Waals surface area contributed by atoms with Crippen LogP contribution < -0.4 is 14.8 Å². The fourth-order valence-corrected chi connectivity index (χ4v) is 2.73. The van der Waals surface area contributed by atoms with Crippen LogP contribution in [0.25, 0.3) is 0 Å². The number of carbonyl (C=O) groups excluding carboxylic acids is 1. The van der Waals surface area contributed by atoms with Crippen LogP contribution in [0.5, 0.6) is 11.5 Å². The van der Waals surface area contributed by atoms with E-state index in [-0.39, 0.29) is 12.3 Å². The van der Waals surface area contributed by atoms with Crippen molar-refractivity contribution in [2.24, 2.45) is 0 Å². The number of hydrogen-bond donors (Lipinski definition) is 2. The molecule has 2 N–H and O–H groups in total. The van der Waals surface area contributed by atoms with Gasteiger partial charge >= 0.3 is 5.97 Å². The van der Waals surface area contributed by atoms with Crippen molar-refractivity contribution < 1.29 is 28.9 Å². The molecule has 7 nitrogen and oxygen atoms in total. The molecule has 2 aromatic rings. The molecule has 144 valence electrons. The van der Waals surface area contributed by atoms with E-state index < -0.39 is 12.0 Å². The Balaban J connectivity index is 2.30. The lowest BCUT2D eigenvalue weighted by Gasteiger charge is -2.20. The summed E-state index contributed by atoms with van der Waals surface area (Å²) < 4.78 is 15.6. The summed E-state index contributed by atoms with van der Waals surface area (Å²) in [5.41, 5.74) is 1.83. The Morgan fingerprint density at radius 1 is 1.07 bits per heavy atom. The first-order chi connectivity index (χ1) is 13.0. The quantitative estimate of drug-likeness (QED) is 0.702. The molecule has 0 aliphatic heterocycles. The van der Waals surface area contributed by atoms with Crippen LogP contribution in [-0.2, 0) is 16.1 Å². The molecule has 2 aromatic carbocycles. The third-order valence-electron chi connectivity index (χ3n) is 4.00. The molecule has 0 radical (unpaired) electrons. The molecule has 0 aromatic heterocycles. The molecular weight excluding hydrogens is 350 g/mol. The second-order valence-corrected chi connectivity index (χ2v) is 5.87. The van der Waals surface area contributed by atoms with E-state index in [0.717, 1.165) is 5.56 Å². The molecule has 0 spiro atoms. The summed E-state index contributed by atoms with van der Waals surface area (Å²) in [6.45, 7) is 0.381. The first-order valence-electron chi connectivity index (χ1n) is 8.31. The van der Waals surface area contributed by atoms with Crippen molar-refractivity contribution in [3.63, 3.8) is 0 Å². The van der Waals surface area contributed by atoms with Crippen LogP contribution in [-0.4, -0.2) is 38.3 Å². The zero-order valence-corrected chi connectivity index (χ0v) is 15.5. The molecule has 2 rings (SSSR count). The summed E-state index contributed by atoms with van der Waals surface area (Å²) in [4.78, 5) is 24.0. The molecule has 0 aliphatic rings. The minimum Gasteiger partial charge on any atom is -0.497 e. The van der Waals surface area contributed by atoms with Crippen molar-refractivity contribution in [1.82, 2.24) is 5.32 Å². The highest BCUT2D eigenvalue weighted by Gasteiger charge is 2.22. The summed E-state index contributed by atoms with van der Waals surface area (Å²) >= 11 is 0. The van der Waals surface area contributed by atoms with E-state index in [1.165, 1.54) is 14.2 Å². The molecule has 0 bridgehead atoms. The maximum atomic E-state index is 12.7. The zero-order chi connectivity index (χ0) is 19.8. The molecular formula is C20H23NO6. The summed E-state index contributed by atoms with van der Waals surface area (Å²) in [5.74, 6) is -0.402. The van der Waals surface area contributed by atoms with Gasteiger partial charge in [0.1, 0.15) is 11.5 Å². The number of hydrogen-bond acceptors (Lipinski definition) is 5. The number of carboxylic acid groups (broad SMARTS) is 1. The van der Waals surface area contributed by atoms with E-state index in [9.17, 15) is 14.7 Å². The van der Waals surface area contributed by atoms with E-state index in [1.54, 1.807) is 43.5 Å². The summed E-state index contributed by atoms with van der Waals surface area (Å²) in [5, 5.41) is 12.1. The predicted molar refractivity (Wildman–Crippen MR) is 99.2 cm³/mol. The molecule has 0 aliphatic carbocycles. The molecule has 27 heavy (non-hydrogen) atoms. The van der Waals surface area contributed by atoms with E-state index in [4.69, 9.17) is 14.2 Å². The maximum absolute atomic E-state index is 12.7. The van der Waals surface area contributed by atoms with Crippen LogP contribution in [0.15, 0.2) is 42.5 Å². The highest BCUT2D eigenvalue weighted by atomic mass is 16.5. The fourth-order valence-electron chi connectivity index (χ4n) is 2.73. The van der Waals surface area contributed by atoms with Crippen molar-refractivity contribution in [2.45, 2.75) is 19.1 Å². The standard InChI is InChI=1S/C20H23NO6/c1-25-12-13-5-4-6-14(9-13)20(24)21-17(11-19(22)23)16-8-7-15(26-2)10-18(16)27-3/h4-10,17H,11-12H2,1-3H3,(H,21,24)(H,22,23). The number of nitrogens with one attached hydrogen (secondary N) is 1. The monoisotopic (exact) mass is 373 g/mol. The normalized spacial score (nSPS) is 11.5. The largest absolute Gasteiger partial charge is 0.497 e. The van der Waals surface area contributed by atoms with Crippen molar-refractivity contribution in [3.05, 3.63) is 59.2 Å². The summed E-state index contributed by atoms with van der Waals surface area (Å²) in [6.07, 6.45) is -0.286. The van der Waals surface area contributed by atoms with Crippen molar-refractivity contribution >= 4 is 11.9 Å². The minimum absolute atomic E-state index is 0.286. The third kappa shape index (κ3) is 5.46. The molecule has 1 amide bonds. The lowest BCUT2D eigenvalue weighted by atomic mass is 10.0. The Morgan fingerprint density at radius 2 is 1.85 bits per heavy atom. The molecule has 7 heteroatoms. The van der Waals surface area contributed by atoms with Gasteiger partial charge in [0.05, 0.1) is 33.3 Å². The Kier molecular flexibility index (Phi) is 7.19. The number of methoxy groups -OCH3 is 3.